The third kappa shape index (κ3) is 5.99. The third-order valence-electron chi connectivity index (χ3n) is 4.90. The molecule has 0 spiro atoms. The van der Waals surface area contributed by atoms with Crippen molar-refractivity contribution >= 4 is 34.8 Å². The Balaban J connectivity index is 1.43. The number of carbonyl (C=O) groups excluding carboxylic acids is 2. The molecule has 0 saturated carbocycles. The van der Waals surface area contributed by atoms with E-state index >= 15 is 0 Å². The molecule has 0 aromatic heterocycles. The van der Waals surface area contributed by atoms with Crippen LogP contribution in [0.1, 0.15) is 31.2 Å². The minimum atomic E-state index is -0.696. The highest BCUT2D eigenvalue weighted by atomic mass is 35.5. The fourth-order valence-electron chi connectivity index (χ4n) is 3.36. The molecule has 2 N–H and O–H groups in total. The van der Waals surface area contributed by atoms with Crippen LogP contribution in [0.2, 0.25) is 5.02 Å². The molecule has 0 unspecified atom stereocenters. The lowest BCUT2D eigenvalue weighted by molar-refractivity contribution is -0.136. The Morgan fingerprint density at radius 1 is 0.929 bits per heavy atom. The summed E-state index contributed by atoms with van der Waals surface area (Å²) in [6.45, 7) is 2.65. The molecular formula is C22H26ClN3O2. The summed E-state index contributed by atoms with van der Waals surface area (Å²) in [4.78, 5) is 26.3. The molecule has 0 bridgehead atoms. The average Bonchev–Trinajstić information content (AvgIpc) is 2.98. The Bertz CT molecular complexity index is 800. The monoisotopic (exact) mass is 399 g/mol. The van der Waals surface area contributed by atoms with E-state index in [9.17, 15) is 9.59 Å². The minimum Gasteiger partial charge on any atom is -0.372 e. The molecule has 0 atom stereocenters. The first-order valence-corrected chi connectivity index (χ1v) is 10.2. The first kappa shape index (κ1) is 20.2. The van der Waals surface area contributed by atoms with Crippen LogP contribution in [0, 0.1) is 0 Å². The van der Waals surface area contributed by atoms with Gasteiger partial charge in [0.25, 0.3) is 0 Å². The van der Waals surface area contributed by atoms with Crippen molar-refractivity contribution in [1.82, 2.24) is 5.32 Å². The lowest BCUT2D eigenvalue weighted by Crippen LogP contribution is -2.36. The van der Waals surface area contributed by atoms with Crippen LogP contribution < -0.4 is 15.5 Å². The predicted octanol–water partition coefficient (Wildman–Crippen LogP) is 4.02. The zero-order valence-electron chi connectivity index (χ0n) is 15.9. The van der Waals surface area contributed by atoms with Gasteiger partial charge in [-0.1, -0.05) is 42.6 Å². The summed E-state index contributed by atoms with van der Waals surface area (Å²) in [5.41, 5.74) is 2.89. The maximum atomic E-state index is 12.0. The SMILES string of the molecule is O=C(NCCc1ccc(N2CCCCCC2)cc1)C(=O)Nc1cccc(Cl)c1. The average molecular weight is 400 g/mol. The molecule has 2 aromatic rings. The number of rotatable bonds is 5. The van der Waals surface area contributed by atoms with Crippen molar-refractivity contribution in [2.45, 2.75) is 32.1 Å². The topological polar surface area (TPSA) is 61.4 Å². The summed E-state index contributed by atoms with van der Waals surface area (Å²) in [6, 6.07) is 15.2. The number of anilines is 2. The molecule has 1 heterocycles. The van der Waals surface area contributed by atoms with Crippen LogP contribution in [0.3, 0.4) is 0 Å². The Morgan fingerprint density at radius 2 is 1.64 bits per heavy atom. The number of hydrogen-bond acceptors (Lipinski definition) is 3. The number of carbonyl (C=O) groups is 2. The van der Waals surface area contributed by atoms with Gasteiger partial charge in [0.05, 0.1) is 0 Å². The number of benzene rings is 2. The molecule has 1 fully saturated rings. The summed E-state index contributed by atoms with van der Waals surface area (Å²) in [7, 11) is 0. The Morgan fingerprint density at radius 3 is 2.32 bits per heavy atom. The van der Waals surface area contributed by atoms with E-state index in [1.807, 2.05) is 0 Å². The molecule has 1 saturated heterocycles. The van der Waals surface area contributed by atoms with Gasteiger partial charge >= 0.3 is 11.8 Å². The van der Waals surface area contributed by atoms with Crippen LogP contribution in [0.25, 0.3) is 0 Å². The smallest absolute Gasteiger partial charge is 0.313 e. The fraction of sp³-hybridized carbons (Fsp3) is 0.364. The second-order valence-corrected chi connectivity index (χ2v) is 7.47. The molecule has 1 aliphatic heterocycles. The van der Waals surface area contributed by atoms with Gasteiger partial charge in [-0.05, 0) is 55.2 Å². The fourth-order valence-corrected chi connectivity index (χ4v) is 3.55. The van der Waals surface area contributed by atoms with E-state index in [1.54, 1.807) is 24.3 Å². The van der Waals surface area contributed by atoms with Gasteiger partial charge in [-0.25, -0.2) is 0 Å². The summed E-state index contributed by atoms with van der Waals surface area (Å²) >= 11 is 5.87. The van der Waals surface area contributed by atoms with Gasteiger partial charge < -0.3 is 15.5 Å². The van der Waals surface area contributed by atoms with Crippen LogP contribution in [-0.4, -0.2) is 31.4 Å². The van der Waals surface area contributed by atoms with E-state index in [-0.39, 0.29) is 0 Å². The Labute approximate surface area is 171 Å². The molecule has 1 aliphatic rings. The highest BCUT2D eigenvalue weighted by molar-refractivity contribution is 6.39. The highest BCUT2D eigenvalue weighted by Crippen LogP contribution is 2.20. The molecular weight excluding hydrogens is 374 g/mol. The zero-order valence-corrected chi connectivity index (χ0v) is 16.7. The van der Waals surface area contributed by atoms with E-state index in [1.165, 1.54) is 31.4 Å². The number of hydrogen-bond donors (Lipinski definition) is 2. The summed E-state index contributed by atoms with van der Waals surface area (Å²) in [5, 5.41) is 5.70. The number of amides is 2. The van der Waals surface area contributed by atoms with E-state index < -0.39 is 11.8 Å². The minimum absolute atomic E-state index is 0.408. The molecule has 6 heteroatoms. The maximum Gasteiger partial charge on any atom is 0.313 e. The Kier molecular flexibility index (Phi) is 7.31. The van der Waals surface area contributed by atoms with E-state index in [2.05, 4.69) is 39.8 Å². The second-order valence-electron chi connectivity index (χ2n) is 7.04. The van der Waals surface area contributed by atoms with Gasteiger partial charge in [-0.3, -0.25) is 9.59 Å². The van der Waals surface area contributed by atoms with E-state index in [0.717, 1.165) is 18.7 Å². The maximum absolute atomic E-state index is 12.0. The van der Waals surface area contributed by atoms with Gasteiger partial charge in [0.1, 0.15) is 0 Å². The van der Waals surface area contributed by atoms with Gasteiger partial charge in [-0.15, -0.1) is 0 Å². The van der Waals surface area contributed by atoms with Gasteiger partial charge in [0, 0.05) is 36.0 Å². The van der Waals surface area contributed by atoms with Crippen LogP contribution in [0.4, 0.5) is 11.4 Å². The standard InChI is InChI=1S/C22H26ClN3O2/c23-18-6-5-7-19(16-18)25-22(28)21(27)24-13-12-17-8-10-20(11-9-17)26-14-3-1-2-4-15-26/h5-11,16H,1-4,12-15H2,(H,24,27)(H,25,28). The lowest BCUT2D eigenvalue weighted by atomic mass is 10.1. The largest absolute Gasteiger partial charge is 0.372 e. The molecule has 28 heavy (non-hydrogen) atoms. The predicted molar refractivity (Wildman–Crippen MR) is 114 cm³/mol. The van der Waals surface area contributed by atoms with Gasteiger partial charge in [0.15, 0.2) is 0 Å². The number of nitrogens with one attached hydrogen (secondary N) is 2. The molecule has 5 nitrogen and oxygen atoms in total. The van der Waals surface area contributed by atoms with Crippen molar-refractivity contribution in [3.05, 3.63) is 59.1 Å². The lowest BCUT2D eigenvalue weighted by Gasteiger charge is -2.22. The molecule has 0 radical (unpaired) electrons. The molecule has 3 rings (SSSR count). The van der Waals surface area contributed by atoms with Crippen molar-refractivity contribution in [2.75, 3.05) is 29.9 Å². The molecule has 2 amide bonds. The van der Waals surface area contributed by atoms with Crippen LogP contribution >= 0.6 is 11.6 Å². The van der Waals surface area contributed by atoms with Gasteiger partial charge in [-0.2, -0.15) is 0 Å². The normalized spacial score (nSPS) is 14.2. The quantitative estimate of drug-likeness (QED) is 0.746. The Hall–Kier alpha value is -2.53. The van der Waals surface area contributed by atoms with Crippen LogP contribution in [-0.2, 0) is 16.0 Å². The van der Waals surface area contributed by atoms with Crippen molar-refractivity contribution in [1.29, 1.82) is 0 Å². The van der Waals surface area contributed by atoms with Crippen molar-refractivity contribution in [3.63, 3.8) is 0 Å². The third-order valence-corrected chi connectivity index (χ3v) is 5.13. The van der Waals surface area contributed by atoms with Gasteiger partial charge in [0.2, 0.25) is 0 Å². The zero-order chi connectivity index (χ0) is 19.8. The highest BCUT2D eigenvalue weighted by Gasteiger charge is 2.13. The summed E-state index contributed by atoms with van der Waals surface area (Å²) < 4.78 is 0. The summed E-state index contributed by atoms with van der Waals surface area (Å²) in [5.74, 6) is -1.35. The number of halogens is 1. The first-order chi connectivity index (χ1) is 13.6. The first-order valence-electron chi connectivity index (χ1n) is 9.80. The number of nitrogens with zero attached hydrogens (tertiary/aromatic N) is 1. The van der Waals surface area contributed by atoms with Crippen molar-refractivity contribution < 1.29 is 9.59 Å². The molecule has 2 aromatic carbocycles. The van der Waals surface area contributed by atoms with E-state index in [4.69, 9.17) is 11.6 Å². The summed E-state index contributed by atoms with van der Waals surface area (Å²) in [6.07, 6.45) is 5.82. The van der Waals surface area contributed by atoms with Crippen LogP contribution in [0.15, 0.2) is 48.5 Å². The van der Waals surface area contributed by atoms with Crippen LogP contribution in [0.5, 0.6) is 0 Å². The van der Waals surface area contributed by atoms with E-state index in [0.29, 0.717) is 23.7 Å². The molecule has 148 valence electrons. The molecule has 0 aliphatic carbocycles. The van der Waals surface area contributed by atoms with Crippen molar-refractivity contribution in [2.24, 2.45) is 0 Å². The second kappa shape index (κ2) is 10.1. The van der Waals surface area contributed by atoms with Crippen molar-refractivity contribution in [3.8, 4) is 0 Å².